The maximum atomic E-state index is 4.51. The summed E-state index contributed by atoms with van der Waals surface area (Å²) in [4.78, 5) is 9.01. The van der Waals surface area contributed by atoms with Crippen LogP contribution in [0.25, 0.3) is 0 Å². The topological polar surface area (TPSA) is 37.8 Å². The van der Waals surface area contributed by atoms with Gasteiger partial charge in [-0.1, -0.05) is 6.42 Å². The first-order valence-electron chi connectivity index (χ1n) is 4.94. The Morgan fingerprint density at radius 1 is 1.36 bits per heavy atom. The molecule has 0 spiro atoms. The van der Waals surface area contributed by atoms with Crippen LogP contribution < -0.4 is 5.32 Å². The molecule has 14 heavy (non-hydrogen) atoms. The van der Waals surface area contributed by atoms with Gasteiger partial charge >= 0.3 is 0 Å². The third-order valence-electron chi connectivity index (χ3n) is 2.74. The highest BCUT2D eigenvalue weighted by Crippen LogP contribution is 2.36. The highest BCUT2D eigenvalue weighted by molar-refractivity contribution is 9.10. The zero-order chi connectivity index (χ0) is 10.1. The molecule has 0 aromatic carbocycles. The van der Waals surface area contributed by atoms with E-state index >= 15 is 0 Å². The van der Waals surface area contributed by atoms with Crippen molar-refractivity contribution in [2.75, 3.05) is 12.4 Å². The van der Waals surface area contributed by atoms with Crippen molar-refractivity contribution in [3.05, 3.63) is 16.0 Å². The van der Waals surface area contributed by atoms with E-state index in [0.717, 1.165) is 21.8 Å². The predicted octanol–water partition coefficient (Wildman–Crippen LogP) is 2.86. The number of nitrogens with zero attached hydrogens (tertiary/aromatic N) is 2. The fourth-order valence-electron chi connectivity index (χ4n) is 1.60. The Morgan fingerprint density at radius 2 is 2.07 bits per heavy atom. The number of rotatable bonds is 2. The maximum Gasteiger partial charge on any atom is 0.144 e. The molecule has 1 aromatic rings. The quantitative estimate of drug-likeness (QED) is 0.884. The number of halogens is 1. The van der Waals surface area contributed by atoms with Crippen molar-refractivity contribution in [1.82, 2.24) is 9.97 Å². The minimum absolute atomic E-state index is 0.592. The Kier molecular flexibility index (Phi) is 2.72. The summed E-state index contributed by atoms with van der Waals surface area (Å²) in [5.74, 6) is 2.50. The van der Waals surface area contributed by atoms with Crippen molar-refractivity contribution < 1.29 is 0 Å². The molecule has 1 fully saturated rings. The summed E-state index contributed by atoms with van der Waals surface area (Å²) in [6, 6.07) is 0. The lowest BCUT2D eigenvalue weighted by molar-refractivity contribution is 0.401. The van der Waals surface area contributed by atoms with Crippen LogP contribution in [0.3, 0.4) is 0 Å². The SMILES string of the molecule is CNc1nc(C2CCC2)nc(C)c1Br. The molecular formula is C10H14BrN3. The van der Waals surface area contributed by atoms with Gasteiger partial charge in [-0.2, -0.15) is 0 Å². The lowest BCUT2D eigenvalue weighted by Gasteiger charge is -2.24. The first-order valence-corrected chi connectivity index (χ1v) is 5.73. The van der Waals surface area contributed by atoms with Crippen LogP contribution in [0.2, 0.25) is 0 Å². The van der Waals surface area contributed by atoms with Gasteiger partial charge in [0.2, 0.25) is 0 Å². The average molecular weight is 256 g/mol. The van der Waals surface area contributed by atoms with Gasteiger partial charge in [0.05, 0.1) is 10.2 Å². The molecular weight excluding hydrogens is 242 g/mol. The number of anilines is 1. The van der Waals surface area contributed by atoms with Gasteiger partial charge in [-0.05, 0) is 35.7 Å². The highest BCUT2D eigenvalue weighted by atomic mass is 79.9. The van der Waals surface area contributed by atoms with Gasteiger partial charge in [0.25, 0.3) is 0 Å². The summed E-state index contributed by atoms with van der Waals surface area (Å²) in [5, 5.41) is 3.08. The van der Waals surface area contributed by atoms with Crippen LogP contribution in [-0.2, 0) is 0 Å². The van der Waals surface area contributed by atoms with E-state index in [1.807, 2.05) is 14.0 Å². The fraction of sp³-hybridized carbons (Fsp3) is 0.600. The molecule has 0 bridgehead atoms. The van der Waals surface area contributed by atoms with Gasteiger partial charge in [-0.3, -0.25) is 0 Å². The number of aromatic nitrogens is 2. The molecule has 1 aliphatic carbocycles. The monoisotopic (exact) mass is 255 g/mol. The summed E-state index contributed by atoms with van der Waals surface area (Å²) in [5.41, 5.74) is 1.02. The molecule has 76 valence electrons. The van der Waals surface area contributed by atoms with Gasteiger partial charge in [0.15, 0.2) is 0 Å². The second-order valence-electron chi connectivity index (χ2n) is 3.71. The van der Waals surface area contributed by atoms with E-state index in [1.54, 1.807) is 0 Å². The number of hydrogen-bond acceptors (Lipinski definition) is 3. The predicted molar refractivity (Wildman–Crippen MR) is 60.6 cm³/mol. The van der Waals surface area contributed by atoms with Crippen molar-refractivity contribution >= 4 is 21.7 Å². The van der Waals surface area contributed by atoms with E-state index in [-0.39, 0.29) is 0 Å². The lowest BCUT2D eigenvalue weighted by Crippen LogP contribution is -2.14. The Morgan fingerprint density at radius 3 is 2.57 bits per heavy atom. The highest BCUT2D eigenvalue weighted by Gasteiger charge is 2.23. The Hall–Kier alpha value is -0.640. The lowest BCUT2D eigenvalue weighted by atomic mass is 9.85. The van der Waals surface area contributed by atoms with Crippen LogP contribution in [0.1, 0.15) is 36.7 Å². The van der Waals surface area contributed by atoms with E-state index in [9.17, 15) is 0 Å². The van der Waals surface area contributed by atoms with Gasteiger partial charge in [0.1, 0.15) is 11.6 Å². The molecule has 1 aliphatic rings. The smallest absolute Gasteiger partial charge is 0.144 e. The molecule has 0 atom stereocenters. The Balaban J connectivity index is 2.37. The summed E-state index contributed by atoms with van der Waals surface area (Å²) in [7, 11) is 1.89. The maximum absolute atomic E-state index is 4.51. The average Bonchev–Trinajstić information content (AvgIpc) is 2.08. The van der Waals surface area contributed by atoms with E-state index in [2.05, 4.69) is 31.2 Å². The Labute approximate surface area is 92.5 Å². The summed E-state index contributed by atoms with van der Waals surface area (Å²) in [6.07, 6.45) is 3.80. The molecule has 0 unspecified atom stereocenters. The second kappa shape index (κ2) is 3.85. The van der Waals surface area contributed by atoms with E-state index in [4.69, 9.17) is 0 Å². The van der Waals surface area contributed by atoms with Gasteiger partial charge in [0, 0.05) is 13.0 Å². The molecule has 0 amide bonds. The first-order chi connectivity index (χ1) is 6.72. The van der Waals surface area contributed by atoms with Crippen LogP contribution in [-0.4, -0.2) is 17.0 Å². The fourth-order valence-corrected chi connectivity index (χ4v) is 1.97. The first kappa shape index (κ1) is 9.90. The zero-order valence-electron chi connectivity index (χ0n) is 8.47. The molecule has 4 heteroatoms. The Bertz CT molecular complexity index is 347. The van der Waals surface area contributed by atoms with E-state index in [1.165, 1.54) is 19.3 Å². The molecule has 0 aliphatic heterocycles. The molecule has 1 saturated carbocycles. The molecule has 3 nitrogen and oxygen atoms in total. The third kappa shape index (κ3) is 1.63. The van der Waals surface area contributed by atoms with Gasteiger partial charge < -0.3 is 5.32 Å². The van der Waals surface area contributed by atoms with Crippen molar-refractivity contribution in [3.8, 4) is 0 Å². The van der Waals surface area contributed by atoms with Crippen LogP contribution >= 0.6 is 15.9 Å². The van der Waals surface area contributed by atoms with Crippen LogP contribution in [0, 0.1) is 6.92 Å². The third-order valence-corrected chi connectivity index (χ3v) is 3.69. The number of nitrogens with one attached hydrogen (secondary N) is 1. The van der Waals surface area contributed by atoms with Crippen LogP contribution in [0.5, 0.6) is 0 Å². The molecule has 1 aromatic heterocycles. The minimum atomic E-state index is 0.592. The van der Waals surface area contributed by atoms with Crippen molar-refractivity contribution in [3.63, 3.8) is 0 Å². The molecule has 2 rings (SSSR count). The molecule has 1 heterocycles. The number of aryl methyl sites for hydroxylation is 1. The number of hydrogen-bond donors (Lipinski definition) is 1. The van der Waals surface area contributed by atoms with Crippen molar-refractivity contribution in [1.29, 1.82) is 0 Å². The van der Waals surface area contributed by atoms with Crippen molar-refractivity contribution in [2.24, 2.45) is 0 Å². The summed E-state index contributed by atoms with van der Waals surface area (Å²) < 4.78 is 0.975. The summed E-state index contributed by atoms with van der Waals surface area (Å²) >= 11 is 3.48. The minimum Gasteiger partial charge on any atom is -0.372 e. The molecule has 0 radical (unpaired) electrons. The van der Waals surface area contributed by atoms with Crippen molar-refractivity contribution in [2.45, 2.75) is 32.1 Å². The van der Waals surface area contributed by atoms with Crippen LogP contribution in [0.15, 0.2) is 4.47 Å². The normalized spacial score (nSPS) is 16.5. The van der Waals surface area contributed by atoms with Gasteiger partial charge in [-0.15, -0.1) is 0 Å². The summed E-state index contributed by atoms with van der Waals surface area (Å²) in [6.45, 7) is 2.01. The van der Waals surface area contributed by atoms with Crippen LogP contribution in [0.4, 0.5) is 5.82 Å². The second-order valence-corrected chi connectivity index (χ2v) is 4.50. The zero-order valence-corrected chi connectivity index (χ0v) is 10.1. The van der Waals surface area contributed by atoms with Gasteiger partial charge in [-0.25, -0.2) is 9.97 Å². The largest absolute Gasteiger partial charge is 0.372 e. The van der Waals surface area contributed by atoms with E-state index in [0.29, 0.717) is 5.92 Å². The molecule has 0 saturated heterocycles. The molecule has 1 N–H and O–H groups in total. The standard InChI is InChI=1S/C10H14BrN3/c1-6-8(11)10(12-2)14-9(13-6)7-4-3-5-7/h7H,3-5H2,1-2H3,(H,12,13,14). The van der Waals surface area contributed by atoms with E-state index < -0.39 is 0 Å².